The number of nitrogens with zero attached hydrogens (tertiary/aromatic N) is 1. The molecule has 1 N–H and O–H groups in total. The van der Waals surface area contributed by atoms with Gasteiger partial charge in [0, 0.05) is 16.1 Å². The van der Waals surface area contributed by atoms with Crippen molar-refractivity contribution in [2.45, 2.75) is 6.10 Å². The summed E-state index contributed by atoms with van der Waals surface area (Å²) in [7, 11) is 0. The molecular weight excluding hydrogens is 302 g/mol. The lowest BCUT2D eigenvalue weighted by Crippen LogP contribution is -2.00. The van der Waals surface area contributed by atoms with Crippen LogP contribution in [-0.4, -0.2) is 10.1 Å². The highest BCUT2D eigenvalue weighted by atomic mass is 79.9. The molecule has 0 fully saturated rings. The van der Waals surface area contributed by atoms with Crippen LogP contribution in [0.1, 0.15) is 17.2 Å². The zero-order valence-corrected chi connectivity index (χ0v) is 11.7. The highest BCUT2D eigenvalue weighted by molar-refractivity contribution is 9.10. The van der Waals surface area contributed by atoms with E-state index in [0.717, 1.165) is 26.5 Å². The first-order chi connectivity index (χ1) is 9.25. The summed E-state index contributed by atoms with van der Waals surface area (Å²) in [4.78, 5) is 4.28. The van der Waals surface area contributed by atoms with E-state index >= 15 is 0 Å². The van der Waals surface area contributed by atoms with Gasteiger partial charge in [0.15, 0.2) is 0 Å². The number of fused-ring (bicyclic) bond motifs is 1. The molecule has 0 saturated heterocycles. The van der Waals surface area contributed by atoms with Crippen LogP contribution in [0.5, 0.6) is 0 Å². The second kappa shape index (κ2) is 5.11. The van der Waals surface area contributed by atoms with Crippen molar-refractivity contribution >= 4 is 26.8 Å². The molecule has 0 bridgehead atoms. The lowest BCUT2D eigenvalue weighted by atomic mass is 10.00. The Morgan fingerprint density at radius 3 is 2.68 bits per heavy atom. The Morgan fingerprint density at radius 2 is 1.84 bits per heavy atom. The SMILES string of the molecule is OC(c1ccc2ncccc2c1)c1ccccc1Br. The number of rotatable bonds is 2. The number of aliphatic hydroxyl groups excluding tert-OH is 1. The normalized spacial score (nSPS) is 12.5. The fraction of sp³-hybridized carbons (Fsp3) is 0.0625. The lowest BCUT2D eigenvalue weighted by Gasteiger charge is -2.13. The third-order valence-electron chi connectivity index (χ3n) is 3.14. The van der Waals surface area contributed by atoms with Gasteiger partial charge >= 0.3 is 0 Å². The Hall–Kier alpha value is -1.71. The van der Waals surface area contributed by atoms with E-state index in [1.807, 2.05) is 54.6 Å². The van der Waals surface area contributed by atoms with Crippen LogP contribution >= 0.6 is 15.9 Å². The molecule has 0 aliphatic rings. The van der Waals surface area contributed by atoms with Crippen LogP contribution in [0.15, 0.2) is 65.3 Å². The van der Waals surface area contributed by atoms with Crippen molar-refractivity contribution in [2.24, 2.45) is 0 Å². The van der Waals surface area contributed by atoms with E-state index < -0.39 is 6.10 Å². The second-order valence-corrected chi connectivity index (χ2v) is 5.23. The summed E-state index contributed by atoms with van der Waals surface area (Å²) in [5.41, 5.74) is 2.67. The van der Waals surface area contributed by atoms with Crippen molar-refractivity contribution in [3.05, 3.63) is 76.4 Å². The van der Waals surface area contributed by atoms with E-state index in [2.05, 4.69) is 20.9 Å². The summed E-state index contributed by atoms with van der Waals surface area (Å²) in [6.45, 7) is 0. The van der Waals surface area contributed by atoms with Crippen LogP contribution in [-0.2, 0) is 0 Å². The summed E-state index contributed by atoms with van der Waals surface area (Å²) >= 11 is 3.47. The first-order valence-electron chi connectivity index (χ1n) is 6.03. The Kier molecular flexibility index (Phi) is 3.32. The molecule has 0 aliphatic heterocycles. The van der Waals surface area contributed by atoms with Gasteiger partial charge in [0.2, 0.25) is 0 Å². The summed E-state index contributed by atoms with van der Waals surface area (Å²) in [6, 6.07) is 17.4. The van der Waals surface area contributed by atoms with E-state index in [-0.39, 0.29) is 0 Å². The third-order valence-corrected chi connectivity index (χ3v) is 3.86. The second-order valence-electron chi connectivity index (χ2n) is 4.38. The average Bonchev–Trinajstić information content (AvgIpc) is 2.46. The largest absolute Gasteiger partial charge is 0.384 e. The maximum atomic E-state index is 10.5. The van der Waals surface area contributed by atoms with Crippen molar-refractivity contribution in [3.8, 4) is 0 Å². The molecule has 0 amide bonds. The van der Waals surface area contributed by atoms with Gasteiger partial charge in [-0.2, -0.15) is 0 Å². The predicted molar refractivity (Wildman–Crippen MR) is 79.9 cm³/mol. The number of hydrogen-bond donors (Lipinski definition) is 1. The Balaban J connectivity index is 2.07. The minimum Gasteiger partial charge on any atom is -0.384 e. The fourth-order valence-corrected chi connectivity index (χ4v) is 2.64. The van der Waals surface area contributed by atoms with E-state index in [1.165, 1.54) is 0 Å². The standard InChI is InChI=1S/C16H12BrNO/c17-14-6-2-1-5-13(14)16(19)12-7-8-15-11(10-12)4-3-9-18-15/h1-10,16,19H. The zero-order valence-electron chi connectivity index (χ0n) is 10.1. The van der Waals surface area contributed by atoms with Gasteiger partial charge in [0.25, 0.3) is 0 Å². The lowest BCUT2D eigenvalue weighted by molar-refractivity contribution is 0.219. The molecule has 19 heavy (non-hydrogen) atoms. The van der Waals surface area contributed by atoms with Crippen LogP contribution in [0.2, 0.25) is 0 Å². The van der Waals surface area contributed by atoms with Crippen LogP contribution in [0, 0.1) is 0 Å². The zero-order chi connectivity index (χ0) is 13.2. The van der Waals surface area contributed by atoms with Gasteiger partial charge < -0.3 is 5.11 Å². The number of hydrogen-bond acceptors (Lipinski definition) is 2. The van der Waals surface area contributed by atoms with Crippen molar-refractivity contribution in [1.29, 1.82) is 0 Å². The molecule has 2 aromatic carbocycles. The number of aliphatic hydroxyl groups is 1. The van der Waals surface area contributed by atoms with Crippen LogP contribution in [0.25, 0.3) is 10.9 Å². The quantitative estimate of drug-likeness (QED) is 0.773. The Labute approximate surface area is 119 Å². The molecule has 0 aliphatic carbocycles. The number of halogens is 1. The molecule has 2 nitrogen and oxygen atoms in total. The molecular formula is C16H12BrNO. The number of benzene rings is 2. The molecule has 3 heteroatoms. The molecule has 94 valence electrons. The van der Waals surface area contributed by atoms with Gasteiger partial charge in [-0.25, -0.2) is 0 Å². The smallest absolute Gasteiger partial charge is 0.105 e. The van der Waals surface area contributed by atoms with Gasteiger partial charge in [-0.3, -0.25) is 4.98 Å². The molecule has 0 radical (unpaired) electrons. The van der Waals surface area contributed by atoms with E-state index in [0.29, 0.717) is 0 Å². The van der Waals surface area contributed by atoms with E-state index in [1.54, 1.807) is 6.20 Å². The van der Waals surface area contributed by atoms with Gasteiger partial charge in [-0.15, -0.1) is 0 Å². The fourth-order valence-electron chi connectivity index (χ4n) is 2.14. The highest BCUT2D eigenvalue weighted by Crippen LogP contribution is 2.29. The van der Waals surface area contributed by atoms with Crippen molar-refractivity contribution in [3.63, 3.8) is 0 Å². The van der Waals surface area contributed by atoms with Crippen molar-refractivity contribution in [1.82, 2.24) is 4.98 Å². The van der Waals surface area contributed by atoms with Crippen LogP contribution in [0.4, 0.5) is 0 Å². The molecule has 3 aromatic rings. The average molecular weight is 314 g/mol. The summed E-state index contributed by atoms with van der Waals surface area (Å²) < 4.78 is 0.911. The summed E-state index contributed by atoms with van der Waals surface area (Å²) in [5, 5.41) is 11.5. The summed E-state index contributed by atoms with van der Waals surface area (Å²) in [6.07, 6.45) is 1.13. The number of pyridine rings is 1. The maximum absolute atomic E-state index is 10.5. The van der Waals surface area contributed by atoms with E-state index in [9.17, 15) is 5.11 Å². The monoisotopic (exact) mass is 313 g/mol. The van der Waals surface area contributed by atoms with E-state index in [4.69, 9.17) is 0 Å². The number of aromatic nitrogens is 1. The highest BCUT2D eigenvalue weighted by Gasteiger charge is 2.13. The first-order valence-corrected chi connectivity index (χ1v) is 6.82. The predicted octanol–water partition coefficient (Wildman–Crippen LogP) is 4.08. The third kappa shape index (κ3) is 2.39. The molecule has 3 rings (SSSR count). The minimum absolute atomic E-state index is 0.639. The Morgan fingerprint density at radius 1 is 1.00 bits per heavy atom. The molecule has 0 spiro atoms. The van der Waals surface area contributed by atoms with Crippen LogP contribution < -0.4 is 0 Å². The molecule has 0 saturated carbocycles. The molecule has 1 heterocycles. The van der Waals surface area contributed by atoms with Gasteiger partial charge in [-0.1, -0.05) is 46.3 Å². The summed E-state index contributed by atoms with van der Waals surface area (Å²) in [5.74, 6) is 0. The van der Waals surface area contributed by atoms with Gasteiger partial charge in [0.1, 0.15) is 6.10 Å². The molecule has 1 aromatic heterocycles. The van der Waals surface area contributed by atoms with Crippen molar-refractivity contribution in [2.75, 3.05) is 0 Å². The van der Waals surface area contributed by atoms with Crippen molar-refractivity contribution < 1.29 is 5.11 Å². The minimum atomic E-state index is -0.639. The van der Waals surface area contributed by atoms with Gasteiger partial charge in [0.05, 0.1) is 5.52 Å². The first kappa shape index (κ1) is 12.3. The topological polar surface area (TPSA) is 33.1 Å². The maximum Gasteiger partial charge on any atom is 0.105 e. The molecule has 1 atom stereocenters. The Bertz CT molecular complexity index is 727. The molecule has 1 unspecified atom stereocenters. The van der Waals surface area contributed by atoms with Crippen LogP contribution in [0.3, 0.4) is 0 Å². The van der Waals surface area contributed by atoms with Gasteiger partial charge in [-0.05, 0) is 35.4 Å².